The minimum atomic E-state index is -0.364. The molecule has 0 aliphatic heterocycles. The molecule has 2 aromatic carbocycles. The van der Waals surface area contributed by atoms with Gasteiger partial charge in [-0.1, -0.05) is 48.9 Å². The lowest BCUT2D eigenvalue weighted by molar-refractivity contribution is 0.624. The zero-order chi connectivity index (χ0) is 14.1. The van der Waals surface area contributed by atoms with Gasteiger partial charge < -0.3 is 4.57 Å². The van der Waals surface area contributed by atoms with Crippen molar-refractivity contribution < 1.29 is 4.39 Å². The molecule has 0 atom stereocenters. The van der Waals surface area contributed by atoms with E-state index in [-0.39, 0.29) is 10.8 Å². The van der Waals surface area contributed by atoms with Crippen LogP contribution in [0.2, 0.25) is 5.02 Å². The van der Waals surface area contributed by atoms with E-state index in [1.165, 1.54) is 22.5 Å². The number of fused-ring (bicyclic) bond motifs is 1. The van der Waals surface area contributed by atoms with Crippen LogP contribution < -0.4 is 0 Å². The summed E-state index contributed by atoms with van der Waals surface area (Å²) in [5.41, 5.74) is 3.30. The molecule has 1 aromatic heterocycles. The molecule has 0 aliphatic rings. The van der Waals surface area contributed by atoms with E-state index in [1.54, 1.807) is 6.07 Å². The standard InChI is InChI=1S/C17H15ClFN/c1-2-12-5-3-6-13-9-10-20(17(12)13)11-14-7-4-8-15(19)16(14)18/h3-10H,2,11H2,1H3. The molecule has 20 heavy (non-hydrogen) atoms. The van der Waals surface area contributed by atoms with Crippen molar-refractivity contribution in [3.8, 4) is 0 Å². The molecule has 3 aromatic rings. The molecule has 0 bridgehead atoms. The van der Waals surface area contributed by atoms with E-state index in [9.17, 15) is 4.39 Å². The molecule has 0 spiro atoms. The first-order valence-electron chi connectivity index (χ1n) is 6.70. The van der Waals surface area contributed by atoms with Crippen molar-refractivity contribution in [3.05, 3.63) is 70.6 Å². The maximum atomic E-state index is 13.5. The van der Waals surface area contributed by atoms with E-state index in [2.05, 4.69) is 35.8 Å². The molecule has 3 rings (SSSR count). The fourth-order valence-electron chi connectivity index (χ4n) is 2.61. The van der Waals surface area contributed by atoms with Gasteiger partial charge in [0.2, 0.25) is 0 Å². The van der Waals surface area contributed by atoms with Crippen molar-refractivity contribution in [2.24, 2.45) is 0 Å². The Kier molecular flexibility index (Phi) is 3.49. The second kappa shape index (κ2) is 5.29. The Hall–Kier alpha value is -1.80. The van der Waals surface area contributed by atoms with Gasteiger partial charge in [0, 0.05) is 12.7 Å². The maximum absolute atomic E-state index is 13.5. The monoisotopic (exact) mass is 287 g/mol. The van der Waals surface area contributed by atoms with Gasteiger partial charge >= 0.3 is 0 Å². The molecule has 0 amide bonds. The van der Waals surface area contributed by atoms with Crippen LogP contribution in [0.5, 0.6) is 0 Å². The molecule has 0 unspecified atom stereocenters. The van der Waals surface area contributed by atoms with Crippen LogP contribution in [0.4, 0.5) is 4.39 Å². The van der Waals surface area contributed by atoms with E-state index in [4.69, 9.17) is 11.6 Å². The minimum absolute atomic E-state index is 0.211. The topological polar surface area (TPSA) is 4.93 Å². The Bertz CT molecular complexity index is 761. The van der Waals surface area contributed by atoms with Gasteiger partial charge in [-0.05, 0) is 35.1 Å². The van der Waals surface area contributed by atoms with Crippen LogP contribution in [0.1, 0.15) is 18.1 Å². The third-order valence-corrected chi connectivity index (χ3v) is 4.05. The summed E-state index contributed by atoms with van der Waals surface area (Å²) in [4.78, 5) is 0. The van der Waals surface area contributed by atoms with Gasteiger partial charge in [0.15, 0.2) is 0 Å². The number of benzene rings is 2. The van der Waals surface area contributed by atoms with E-state index in [0.717, 1.165) is 12.0 Å². The summed E-state index contributed by atoms with van der Waals surface area (Å²) in [6, 6.07) is 13.3. The number of halogens is 2. The number of aromatic nitrogens is 1. The third kappa shape index (κ3) is 2.20. The lowest BCUT2D eigenvalue weighted by atomic mass is 10.1. The third-order valence-electron chi connectivity index (χ3n) is 3.63. The molecule has 0 N–H and O–H groups in total. The smallest absolute Gasteiger partial charge is 0.142 e. The Morgan fingerprint density at radius 3 is 2.60 bits per heavy atom. The maximum Gasteiger partial charge on any atom is 0.142 e. The van der Waals surface area contributed by atoms with E-state index >= 15 is 0 Å². The number of aryl methyl sites for hydroxylation is 1. The van der Waals surface area contributed by atoms with E-state index in [1.807, 2.05) is 12.3 Å². The normalized spacial score (nSPS) is 11.2. The predicted molar refractivity (Wildman–Crippen MR) is 81.8 cm³/mol. The quantitative estimate of drug-likeness (QED) is 0.636. The summed E-state index contributed by atoms with van der Waals surface area (Å²) in [5.74, 6) is -0.364. The Morgan fingerprint density at radius 2 is 1.80 bits per heavy atom. The van der Waals surface area contributed by atoms with Crippen molar-refractivity contribution in [3.63, 3.8) is 0 Å². The zero-order valence-corrected chi connectivity index (χ0v) is 12.0. The molecule has 3 heteroatoms. The lowest BCUT2D eigenvalue weighted by Gasteiger charge is -2.10. The number of nitrogens with zero attached hydrogens (tertiary/aromatic N) is 1. The zero-order valence-electron chi connectivity index (χ0n) is 11.2. The second-order valence-electron chi connectivity index (χ2n) is 4.87. The SMILES string of the molecule is CCc1cccc2ccn(Cc3cccc(F)c3Cl)c12. The highest BCUT2D eigenvalue weighted by atomic mass is 35.5. The molecule has 1 nitrogen and oxygen atoms in total. The van der Waals surface area contributed by atoms with Gasteiger partial charge in [-0.15, -0.1) is 0 Å². The van der Waals surface area contributed by atoms with Crippen molar-refractivity contribution in [2.45, 2.75) is 19.9 Å². The number of para-hydroxylation sites is 1. The Balaban J connectivity index is 2.09. The summed E-state index contributed by atoms with van der Waals surface area (Å²) in [5, 5.41) is 1.42. The highest BCUT2D eigenvalue weighted by molar-refractivity contribution is 6.31. The first-order chi connectivity index (χ1) is 9.70. The molecule has 102 valence electrons. The first-order valence-corrected chi connectivity index (χ1v) is 7.08. The van der Waals surface area contributed by atoms with Gasteiger partial charge in [0.1, 0.15) is 5.82 Å². The predicted octanol–water partition coefficient (Wildman–Crippen LogP) is 5.04. The molecule has 0 saturated carbocycles. The molecule has 0 aliphatic carbocycles. The van der Waals surface area contributed by atoms with Crippen LogP contribution in [0.15, 0.2) is 48.7 Å². The van der Waals surface area contributed by atoms with E-state index < -0.39 is 0 Å². The lowest BCUT2D eigenvalue weighted by Crippen LogP contribution is -2.01. The van der Waals surface area contributed by atoms with Gasteiger partial charge in [-0.25, -0.2) is 4.39 Å². The number of rotatable bonds is 3. The molecule has 1 heterocycles. The summed E-state index contributed by atoms with van der Waals surface area (Å²) in [7, 11) is 0. The minimum Gasteiger partial charge on any atom is -0.343 e. The van der Waals surface area contributed by atoms with Gasteiger partial charge in [0.25, 0.3) is 0 Å². The number of hydrogen-bond acceptors (Lipinski definition) is 0. The average Bonchev–Trinajstić information content (AvgIpc) is 2.87. The summed E-state index contributed by atoms with van der Waals surface area (Å²) >= 11 is 6.05. The van der Waals surface area contributed by atoms with Gasteiger partial charge in [-0.3, -0.25) is 0 Å². The second-order valence-corrected chi connectivity index (χ2v) is 5.24. The Morgan fingerprint density at radius 1 is 1.05 bits per heavy atom. The summed E-state index contributed by atoms with van der Waals surface area (Å²) < 4.78 is 15.7. The van der Waals surface area contributed by atoms with Crippen LogP contribution in [0.3, 0.4) is 0 Å². The van der Waals surface area contributed by atoms with E-state index in [0.29, 0.717) is 6.54 Å². The van der Waals surface area contributed by atoms with Gasteiger partial charge in [-0.2, -0.15) is 0 Å². The molecular formula is C17H15ClFN. The van der Waals surface area contributed by atoms with Crippen molar-refractivity contribution >= 4 is 22.5 Å². The van der Waals surface area contributed by atoms with Crippen molar-refractivity contribution in [1.29, 1.82) is 0 Å². The number of hydrogen-bond donors (Lipinski definition) is 0. The average molecular weight is 288 g/mol. The molecular weight excluding hydrogens is 273 g/mol. The molecule has 0 fully saturated rings. The van der Waals surface area contributed by atoms with Crippen LogP contribution in [-0.2, 0) is 13.0 Å². The fourth-order valence-corrected chi connectivity index (χ4v) is 2.80. The van der Waals surface area contributed by atoms with Crippen molar-refractivity contribution in [2.75, 3.05) is 0 Å². The summed E-state index contributed by atoms with van der Waals surface area (Å²) in [6.45, 7) is 2.72. The Labute approximate surface area is 122 Å². The summed E-state index contributed by atoms with van der Waals surface area (Å²) in [6.07, 6.45) is 3.00. The van der Waals surface area contributed by atoms with Crippen LogP contribution in [0.25, 0.3) is 10.9 Å². The molecule has 0 saturated heterocycles. The first kappa shape index (κ1) is 13.2. The highest BCUT2D eigenvalue weighted by Crippen LogP contribution is 2.25. The fraction of sp³-hybridized carbons (Fsp3) is 0.176. The van der Waals surface area contributed by atoms with Gasteiger partial charge in [0.05, 0.1) is 10.5 Å². The van der Waals surface area contributed by atoms with Crippen LogP contribution in [-0.4, -0.2) is 4.57 Å². The van der Waals surface area contributed by atoms with Crippen LogP contribution in [0, 0.1) is 5.82 Å². The largest absolute Gasteiger partial charge is 0.343 e. The van der Waals surface area contributed by atoms with Crippen LogP contribution >= 0.6 is 11.6 Å². The highest BCUT2D eigenvalue weighted by Gasteiger charge is 2.09. The van der Waals surface area contributed by atoms with Crippen molar-refractivity contribution in [1.82, 2.24) is 4.57 Å². The molecule has 0 radical (unpaired) electrons.